The van der Waals surface area contributed by atoms with E-state index in [1.807, 2.05) is 13.8 Å². The third kappa shape index (κ3) is 5.09. The van der Waals surface area contributed by atoms with Gasteiger partial charge in [-0.25, -0.2) is 4.98 Å². The third-order valence-electron chi connectivity index (χ3n) is 6.54. The molecule has 0 spiro atoms. The van der Waals surface area contributed by atoms with E-state index >= 15 is 0 Å². The fourth-order valence-electron chi connectivity index (χ4n) is 4.66. The summed E-state index contributed by atoms with van der Waals surface area (Å²) in [7, 11) is 0. The molecule has 1 aliphatic carbocycles. The van der Waals surface area contributed by atoms with Crippen LogP contribution in [0.2, 0.25) is 0 Å². The van der Waals surface area contributed by atoms with Crippen LogP contribution in [-0.2, 0) is 17.5 Å². The fourth-order valence-corrected chi connectivity index (χ4v) is 4.66. The number of rotatable bonds is 5. The predicted octanol–water partition coefficient (Wildman–Crippen LogP) is 4.68. The lowest BCUT2D eigenvalue weighted by atomic mass is 10.0. The summed E-state index contributed by atoms with van der Waals surface area (Å²) in [6.07, 6.45) is -2.95. The van der Waals surface area contributed by atoms with Gasteiger partial charge in [0.15, 0.2) is 0 Å². The van der Waals surface area contributed by atoms with Gasteiger partial charge in [0.25, 0.3) is 11.5 Å². The molecule has 0 bridgehead atoms. The zero-order valence-electron chi connectivity index (χ0n) is 20.0. The second kappa shape index (κ2) is 9.24. The van der Waals surface area contributed by atoms with Gasteiger partial charge in [0.2, 0.25) is 0 Å². The van der Waals surface area contributed by atoms with Gasteiger partial charge in [-0.3, -0.25) is 9.59 Å². The number of aromatic amines is 1. The summed E-state index contributed by atoms with van der Waals surface area (Å²) < 4.78 is 47.2. The fraction of sp³-hybridized carbons (Fsp3) is 0.423. The van der Waals surface area contributed by atoms with Crippen molar-refractivity contribution in [2.24, 2.45) is 0 Å². The second-order valence-electron chi connectivity index (χ2n) is 9.65. The van der Waals surface area contributed by atoms with Crippen LogP contribution >= 0.6 is 0 Å². The van der Waals surface area contributed by atoms with E-state index in [2.05, 4.69) is 15.3 Å². The minimum Gasteiger partial charge on any atom is -0.381 e. The molecule has 3 aromatic rings. The molecular weight excluding hydrogens is 473 g/mol. The van der Waals surface area contributed by atoms with E-state index in [9.17, 15) is 22.8 Å². The first-order chi connectivity index (χ1) is 17.1. The van der Waals surface area contributed by atoms with Crippen molar-refractivity contribution in [1.29, 1.82) is 0 Å². The highest BCUT2D eigenvalue weighted by Crippen LogP contribution is 2.39. The van der Waals surface area contributed by atoms with Crippen molar-refractivity contribution in [2.75, 3.05) is 18.4 Å². The lowest BCUT2D eigenvalue weighted by Crippen LogP contribution is -2.48. The van der Waals surface area contributed by atoms with Crippen molar-refractivity contribution in [3.8, 4) is 0 Å². The van der Waals surface area contributed by atoms with Gasteiger partial charge < -0.3 is 19.9 Å². The number of H-pyrrole nitrogens is 1. The smallest absolute Gasteiger partial charge is 0.381 e. The van der Waals surface area contributed by atoms with E-state index in [1.165, 1.54) is 6.07 Å². The predicted molar refractivity (Wildman–Crippen MR) is 129 cm³/mol. The van der Waals surface area contributed by atoms with E-state index in [-0.39, 0.29) is 47.0 Å². The summed E-state index contributed by atoms with van der Waals surface area (Å²) >= 11 is 0. The van der Waals surface area contributed by atoms with Gasteiger partial charge in [0.1, 0.15) is 5.82 Å². The molecule has 2 N–H and O–H groups in total. The number of carbonyl (C=O) groups is 1. The summed E-state index contributed by atoms with van der Waals surface area (Å²) in [4.78, 5) is 34.1. The number of halogens is 3. The average molecular weight is 501 g/mol. The van der Waals surface area contributed by atoms with Crippen LogP contribution in [-0.4, -0.2) is 46.1 Å². The molecule has 2 aromatic carbocycles. The number of nitrogens with zero attached hydrogens (tertiary/aromatic N) is 2. The zero-order valence-corrected chi connectivity index (χ0v) is 20.0. The Balaban J connectivity index is 1.35. The Kier molecular flexibility index (Phi) is 6.23. The van der Waals surface area contributed by atoms with Crippen molar-refractivity contribution in [3.63, 3.8) is 0 Å². The molecule has 2 fully saturated rings. The van der Waals surface area contributed by atoms with Gasteiger partial charge in [-0.05, 0) is 68.7 Å². The first kappa shape index (κ1) is 24.3. The van der Waals surface area contributed by atoms with Crippen LogP contribution in [0.4, 0.5) is 18.9 Å². The number of morpholine rings is 1. The Morgan fingerprint density at radius 1 is 1.14 bits per heavy atom. The van der Waals surface area contributed by atoms with Crippen molar-refractivity contribution >= 4 is 22.5 Å². The van der Waals surface area contributed by atoms with Gasteiger partial charge >= 0.3 is 6.18 Å². The molecule has 2 atom stereocenters. The third-order valence-corrected chi connectivity index (χ3v) is 6.54. The molecule has 2 aliphatic rings. The second-order valence-corrected chi connectivity index (χ2v) is 9.65. The summed E-state index contributed by atoms with van der Waals surface area (Å²) in [6.45, 7) is 4.69. The summed E-state index contributed by atoms with van der Waals surface area (Å²) in [6, 6.07) is 8.82. The lowest BCUT2D eigenvalue weighted by Gasteiger charge is -2.35. The number of aromatic nitrogens is 2. The van der Waals surface area contributed by atoms with Gasteiger partial charge in [0, 0.05) is 36.8 Å². The van der Waals surface area contributed by atoms with Crippen molar-refractivity contribution in [1.82, 2.24) is 14.9 Å². The van der Waals surface area contributed by atoms with Crippen LogP contribution in [0, 0.1) is 0 Å². The first-order valence-corrected chi connectivity index (χ1v) is 12.0. The van der Waals surface area contributed by atoms with E-state index < -0.39 is 17.3 Å². The molecule has 2 unspecified atom stereocenters. The number of carbonyl (C=O) groups excluding carboxylic acids is 1. The number of anilines is 1. The van der Waals surface area contributed by atoms with Crippen molar-refractivity contribution < 1.29 is 22.7 Å². The minimum absolute atomic E-state index is 0.0475. The maximum absolute atomic E-state index is 13.9. The maximum atomic E-state index is 13.9. The summed E-state index contributed by atoms with van der Waals surface area (Å²) in [5.41, 5.74) is -0.229. The molecule has 1 aliphatic heterocycles. The zero-order chi connectivity index (χ0) is 25.6. The SMILES string of the molecule is CC1CN(C(=O)c2ccc(NCc3cc4c(=O)[nH]c(C5CC5)nc4cc3C(F)(F)F)cc2)CC(C)O1. The highest BCUT2D eigenvalue weighted by atomic mass is 19.4. The number of amides is 1. The topological polar surface area (TPSA) is 87.3 Å². The van der Waals surface area contributed by atoms with Crippen molar-refractivity contribution in [2.45, 2.75) is 57.5 Å². The first-order valence-electron chi connectivity index (χ1n) is 12.0. The molecule has 7 nitrogen and oxygen atoms in total. The molecule has 0 radical (unpaired) electrons. The van der Waals surface area contributed by atoms with E-state index in [1.54, 1.807) is 29.2 Å². The maximum Gasteiger partial charge on any atom is 0.416 e. The quantitative estimate of drug-likeness (QED) is 0.531. The normalized spacial score (nSPS) is 20.5. The Morgan fingerprint density at radius 2 is 1.81 bits per heavy atom. The molecule has 2 heterocycles. The highest BCUT2D eigenvalue weighted by molar-refractivity contribution is 5.94. The number of fused-ring (bicyclic) bond motifs is 1. The highest BCUT2D eigenvalue weighted by Gasteiger charge is 2.35. The van der Waals surface area contributed by atoms with Crippen LogP contribution in [0.15, 0.2) is 41.2 Å². The number of hydrogen-bond acceptors (Lipinski definition) is 5. The molecule has 1 aromatic heterocycles. The van der Waals surface area contributed by atoms with Gasteiger partial charge in [0.05, 0.1) is 28.7 Å². The standard InChI is InChI=1S/C26H27F3N4O3/c1-14-12-33(13-15(2)36-14)25(35)17-5-7-19(8-6-17)30-11-18-9-20-22(10-21(18)26(27,28)29)31-23(16-3-4-16)32-24(20)34/h5-10,14-16,30H,3-4,11-13H2,1-2H3,(H,31,32,34). The Labute approximate surface area is 205 Å². The Hall–Kier alpha value is -3.40. The number of nitrogens with one attached hydrogen (secondary N) is 2. The monoisotopic (exact) mass is 500 g/mol. The summed E-state index contributed by atoms with van der Waals surface area (Å²) in [5, 5.41) is 3.10. The largest absolute Gasteiger partial charge is 0.416 e. The molecule has 1 amide bonds. The number of ether oxygens (including phenoxy) is 1. The van der Waals surface area contributed by atoms with Crippen LogP contribution in [0.25, 0.3) is 10.9 Å². The number of benzene rings is 2. The molecule has 5 rings (SSSR count). The Bertz CT molecular complexity index is 1340. The molecule has 1 saturated carbocycles. The van der Waals surface area contributed by atoms with E-state index in [4.69, 9.17) is 4.74 Å². The number of alkyl halides is 3. The average Bonchev–Trinajstić information content (AvgIpc) is 3.67. The van der Waals surface area contributed by atoms with Gasteiger partial charge in [-0.15, -0.1) is 0 Å². The van der Waals surface area contributed by atoms with Gasteiger partial charge in [-0.2, -0.15) is 13.2 Å². The Morgan fingerprint density at radius 3 is 2.42 bits per heavy atom. The van der Waals surface area contributed by atoms with Gasteiger partial charge in [-0.1, -0.05) is 0 Å². The van der Waals surface area contributed by atoms with Crippen LogP contribution in [0.1, 0.15) is 59.9 Å². The number of hydrogen-bond donors (Lipinski definition) is 2. The molecule has 1 saturated heterocycles. The van der Waals surface area contributed by atoms with Crippen LogP contribution in [0.5, 0.6) is 0 Å². The van der Waals surface area contributed by atoms with Crippen LogP contribution in [0.3, 0.4) is 0 Å². The van der Waals surface area contributed by atoms with E-state index in [0.717, 1.165) is 18.9 Å². The molecular formula is C26H27F3N4O3. The summed E-state index contributed by atoms with van der Waals surface area (Å²) in [5.74, 6) is 0.444. The molecule has 190 valence electrons. The molecule has 36 heavy (non-hydrogen) atoms. The van der Waals surface area contributed by atoms with E-state index in [0.29, 0.717) is 30.2 Å². The van der Waals surface area contributed by atoms with Crippen LogP contribution < -0.4 is 10.9 Å². The molecule has 10 heteroatoms. The minimum atomic E-state index is -4.60. The van der Waals surface area contributed by atoms with Crippen molar-refractivity contribution in [3.05, 3.63) is 69.3 Å². The lowest BCUT2D eigenvalue weighted by molar-refractivity contribution is -0.138.